The molecule has 0 saturated heterocycles. The fourth-order valence-corrected chi connectivity index (χ4v) is 2.79. The first-order valence-electron chi connectivity index (χ1n) is 4.84. The van der Waals surface area contributed by atoms with Gasteiger partial charge >= 0.3 is 0 Å². The minimum Gasteiger partial charge on any atom is -0.278 e. The van der Waals surface area contributed by atoms with Crippen LogP contribution in [0.3, 0.4) is 0 Å². The number of hydrogen-bond donors (Lipinski definition) is 1. The minimum atomic E-state index is -3.83. The van der Waals surface area contributed by atoms with Gasteiger partial charge in [-0.25, -0.2) is 18.4 Å². The van der Waals surface area contributed by atoms with Crippen molar-refractivity contribution in [3.63, 3.8) is 0 Å². The van der Waals surface area contributed by atoms with Crippen LogP contribution >= 0.6 is 34.8 Å². The van der Waals surface area contributed by atoms with E-state index in [-0.39, 0.29) is 20.9 Å². The lowest BCUT2D eigenvalue weighted by atomic mass is 10.3. The van der Waals surface area contributed by atoms with Crippen molar-refractivity contribution in [2.24, 2.45) is 0 Å². The molecular weight excluding hydrogens is 333 g/mol. The lowest BCUT2D eigenvalue weighted by Crippen LogP contribution is -2.13. The zero-order chi connectivity index (χ0) is 14.0. The van der Waals surface area contributed by atoms with Crippen molar-refractivity contribution in [1.82, 2.24) is 9.97 Å². The zero-order valence-electron chi connectivity index (χ0n) is 9.14. The van der Waals surface area contributed by atoms with Crippen molar-refractivity contribution < 1.29 is 8.42 Å². The summed E-state index contributed by atoms with van der Waals surface area (Å²) < 4.78 is 26.4. The Balaban J connectivity index is 2.33. The van der Waals surface area contributed by atoms with E-state index in [1.54, 1.807) is 0 Å². The van der Waals surface area contributed by atoms with Gasteiger partial charge in [0.15, 0.2) is 0 Å². The summed E-state index contributed by atoms with van der Waals surface area (Å²) in [7, 11) is -3.83. The zero-order valence-corrected chi connectivity index (χ0v) is 12.2. The Morgan fingerprint density at radius 2 is 1.68 bits per heavy atom. The van der Waals surface area contributed by atoms with E-state index in [9.17, 15) is 8.42 Å². The second-order valence-corrected chi connectivity index (χ2v) is 6.28. The quantitative estimate of drug-likeness (QED) is 0.872. The number of nitrogens with one attached hydrogen (secondary N) is 1. The molecule has 0 fully saturated rings. The normalized spacial score (nSPS) is 11.3. The van der Waals surface area contributed by atoms with E-state index < -0.39 is 10.0 Å². The van der Waals surface area contributed by atoms with Gasteiger partial charge in [-0.05, 0) is 29.8 Å². The average molecular weight is 339 g/mol. The maximum Gasteiger partial charge on any atom is 0.265 e. The van der Waals surface area contributed by atoms with Gasteiger partial charge < -0.3 is 0 Å². The van der Waals surface area contributed by atoms with Gasteiger partial charge in [0.25, 0.3) is 10.0 Å². The van der Waals surface area contributed by atoms with E-state index in [1.807, 2.05) is 0 Å². The van der Waals surface area contributed by atoms with E-state index in [2.05, 4.69) is 14.7 Å². The molecule has 1 heterocycles. The van der Waals surface area contributed by atoms with Crippen LogP contribution in [-0.4, -0.2) is 18.4 Å². The molecule has 1 aromatic carbocycles. The minimum absolute atomic E-state index is 0.0384. The Kier molecular flexibility index (Phi) is 4.15. The summed E-state index contributed by atoms with van der Waals surface area (Å²) in [4.78, 5) is 7.09. The summed E-state index contributed by atoms with van der Waals surface area (Å²) in [6.45, 7) is 0. The molecular formula is C10H6Cl3N3O2S. The number of aromatic nitrogens is 2. The molecule has 0 aliphatic carbocycles. The lowest BCUT2D eigenvalue weighted by Gasteiger charge is -2.09. The molecule has 100 valence electrons. The van der Waals surface area contributed by atoms with Crippen LogP contribution in [-0.2, 0) is 10.0 Å². The summed E-state index contributed by atoms with van der Waals surface area (Å²) >= 11 is 17.1. The van der Waals surface area contributed by atoms with Crippen molar-refractivity contribution in [1.29, 1.82) is 0 Å². The van der Waals surface area contributed by atoms with Gasteiger partial charge in [-0.2, -0.15) is 0 Å². The van der Waals surface area contributed by atoms with Gasteiger partial charge in [0.2, 0.25) is 5.28 Å². The molecule has 5 nitrogen and oxygen atoms in total. The highest BCUT2D eigenvalue weighted by molar-refractivity contribution is 7.92. The van der Waals surface area contributed by atoms with Crippen LogP contribution in [0.2, 0.25) is 15.3 Å². The molecule has 0 unspecified atom stereocenters. The first-order valence-corrected chi connectivity index (χ1v) is 7.45. The van der Waals surface area contributed by atoms with Gasteiger partial charge in [-0.1, -0.05) is 23.2 Å². The number of hydrogen-bond acceptors (Lipinski definition) is 4. The topological polar surface area (TPSA) is 72.0 Å². The molecule has 1 N–H and O–H groups in total. The molecule has 1 aromatic heterocycles. The van der Waals surface area contributed by atoms with Crippen molar-refractivity contribution in [3.8, 4) is 0 Å². The Hall–Kier alpha value is -1.08. The number of rotatable bonds is 3. The molecule has 9 heteroatoms. The highest BCUT2D eigenvalue weighted by Crippen LogP contribution is 2.27. The average Bonchev–Trinajstić information content (AvgIpc) is 2.33. The molecule has 0 saturated carbocycles. The predicted octanol–water partition coefficient (Wildman–Crippen LogP) is 3.24. The van der Waals surface area contributed by atoms with Crippen molar-refractivity contribution in [3.05, 3.63) is 45.9 Å². The first-order chi connectivity index (χ1) is 8.88. The third-order valence-corrected chi connectivity index (χ3v) is 4.15. The standard InChI is InChI=1S/C10H6Cl3N3O2S/c11-6-1-2-9(8(12)3-6)16-19(17,18)7-4-14-10(13)15-5-7/h1-5,16H. The fraction of sp³-hybridized carbons (Fsp3) is 0. The molecule has 0 aliphatic rings. The van der Waals surface area contributed by atoms with Gasteiger partial charge in [0.1, 0.15) is 4.90 Å². The number of nitrogens with zero attached hydrogens (tertiary/aromatic N) is 2. The number of halogens is 3. The second-order valence-electron chi connectivity index (χ2n) is 3.42. The van der Waals surface area contributed by atoms with Crippen LogP contribution in [0.1, 0.15) is 0 Å². The van der Waals surface area contributed by atoms with Crippen molar-refractivity contribution in [2.75, 3.05) is 4.72 Å². The van der Waals surface area contributed by atoms with Gasteiger partial charge in [0, 0.05) is 5.02 Å². The van der Waals surface area contributed by atoms with Crippen LogP contribution < -0.4 is 4.72 Å². The molecule has 19 heavy (non-hydrogen) atoms. The van der Waals surface area contributed by atoms with Crippen LogP contribution in [0.4, 0.5) is 5.69 Å². The van der Waals surface area contributed by atoms with E-state index >= 15 is 0 Å². The van der Waals surface area contributed by atoms with Gasteiger partial charge in [0.05, 0.1) is 23.1 Å². The molecule has 2 aromatic rings. The molecule has 0 radical (unpaired) electrons. The van der Waals surface area contributed by atoms with E-state index in [4.69, 9.17) is 34.8 Å². The van der Waals surface area contributed by atoms with E-state index in [1.165, 1.54) is 18.2 Å². The summed E-state index contributed by atoms with van der Waals surface area (Å²) in [6.07, 6.45) is 2.20. The molecule has 0 amide bonds. The Bertz CT molecular complexity index is 704. The Morgan fingerprint density at radius 3 is 2.26 bits per heavy atom. The number of benzene rings is 1. The van der Waals surface area contributed by atoms with E-state index in [0.717, 1.165) is 12.4 Å². The Labute approximate surface area is 124 Å². The summed E-state index contributed by atoms with van der Waals surface area (Å²) in [5.74, 6) is 0. The second kappa shape index (κ2) is 5.50. The first kappa shape index (κ1) is 14.3. The summed E-state index contributed by atoms with van der Waals surface area (Å²) in [5.41, 5.74) is 0.209. The smallest absolute Gasteiger partial charge is 0.265 e. The maximum atomic E-state index is 12.0. The largest absolute Gasteiger partial charge is 0.278 e. The highest BCUT2D eigenvalue weighted by atomic mass is 35.5. The molecule has 0 spiro atoms. The SMILES string of the molecule is O=S(=O)(Nc1ccc(Cl)cc1Cl)c1cnc(Cl)nc1. The lowest BCUT2D eigenvalue weighted by molar-refractivity contribution is 0.600. The summed E-state index contributed by atoms with van der Waals surface area (Å²) in [5, 5.41) is 0.553. The maximum absolute atomic E-state index is 12.0. The number of sulfonamides is 1. The van der Waals surface area contributed by atoms with Crippen molar-refractivity contribution >= 4 is 50.5 Å². The number of anilines is 1. The van der Waals surface area contributed by atoms with Crippen LogP contribution in [0.25, 0.3) is 0 Å². The summed E-state index contributed by atoms with van der Waals surface area (Å²) in [6, 6.07) is 4.40. The molecule has 0 aliphatic heterocycles. The third kappa shape index (κ3) is 3.48. The third-order valence-electron chi connectivity index (χ3n) is 2.08. The van der Waals surface area contributed by atoms with Gasteiger partial charge in [-0.3, -0.25) is 4.72 Å². The molecule has 0 bridgehead atoms. The monoisotopic (exact) mass is 337 g/mol. The molecule has 2 rings (SSSR count). The fourth-order valence-electron chi connectivity index (χ4n) is 1.22. The van der Waals surface area contributed by atoms with E-state index in [0.29, 0.717) is 5.02 Å². The molecule has 0 atom stereocenters. The van der Waals surface area contributed by atoms with Gasteiger partial charge in [-0.15, -0.1) is 0 Å². The van der Waals surface area contributed by atoms with Crippen LogP contribution in [0, 0.1) is 0 Å². The predicted molar refractivity (Wildman–Crippen MR) is 74.3 cm³/mol. The Morgan fingerprint density at radius 1 is 1.05 bits per heavy atom. The van der Waals surface area contributed by atoms with Crippen LogP contribution in [0.15, 0.2) is 35.5 Å². The highest BCUT2D eigenvalue weighted by Gasteiger charge is 2.16. The van der Waals surface area contributed by atoms with Crippen molar-refractivity contribution in [2.45, 2.75) is 4.90 Å². The van der Waals surface area contributed by atoms with Crippen LogP contribution in [0.5, 0.6) is 0 Å².